The Bertz CT molecular complexity index is 311. The quantitative estimate of drug-likeness (QED) is 0.810. The molecule has 5 heteroatoms. The van der Waals surface area contributed by atoms with Gasteiger partial charge in [-0.05, 0) is 26.2 Å². The summed E-state index contributed by atoms with van der Waals surface area (Å²) in [5.41, 5.74) is -1.06. The molecule has 1 rings (SSSR count). The second-order valence-corrected chi connectivity index (χ2v) is 5.25. The summed E-state index contributed by atoms with van der Waals surface area (Å²) in [6, 6.07) is -0.173. The van der Waals surface area contributed by atoms with E-state index in [-0.39, 0.29) is 12.1 Å². The number of carboxylic acids is 1. The van der Waals surface area contributed by atoms with Crippen LogP contribution in [0.1, 0.15) is 52.4 Å². The van der Waals surface area contributed by atoms with Crippen LogP contribution in [0.2, 0.25) is 0 Å². The Hall–Kier alpha value is -1.26. The molecule has 0 heterocycles. The fourth-order valence-corrected chi connectivity index (χ4v) is 2.31. The van der Waals surface area contributed by atoms with E-state index in [9.17, 15) is 14.7 Å². The minimum Gasteiger partial charge on any atom is -0.480 e. The van der Waals surface area contributed by atoms with Crippen LogP contribution in [0.3, 0.4) is 0 Å². The molecule has 1 fully saturated rings. The van der Waals surface area contributed by atoms with Crippen molar-refractivity contribution in [2.45, 2.75) is 64.0 Å². The number of amides is 2. The maximum Gasteiger partial charge on any atom is 0.329 e. The van der Waals surface area contributed by atoms with E-state index < -0.39 is 11.5 Å². The Labute approximate surface area is 109 Å². The third-order valence-electron chi connectivity index (χ3n) is 4.04. The Morgan fingerprint density at radius 3 is 2.33 bits per heavy atom. The molecule has 1 aliphatic rings. The lowest BCUT2D eigenvalue weighted by Gasteiger charge is -2.36. The van der Waals surface area contributed by atoms with Gasteiger partial charge in [-0.3, -0.25) is 0 Å². The minimum atomic E-state index is -1.06. The molecule has 2 N–H and O–H groups in total. The topological polar surface area (TPSA) is 69.6 Å². The molecule has 5 nitrogen and oxygen atoms in total. The maximum atomic E-state index is 12.1. The number of hydrogen-bond donors (Lipinski definition) is 2. The van der Waals surface area contributed by atoms with E-state index in [1.165, 1.54) is 0 Å². The molecule has 0 radical (unpaired) electrons. The van der Waals surface area contributed by atoms with Crippen molar-refractivity contribution in [1.82, 2.24) is 10.2 Å². The molecule has 1 atom stereocenters. The molecule has 0 spiro atoms. The molecule has 0 saturated heterocycles. The van der Waals surface area contributed by atoms with Gasteiger partial charge in [0.15, 0.2) is 0 Å². The standard InChI is InChI=1S/C13H24N2O3/c1-4-10(2)15(3)12(18)14-13(11(16)17)8-6-5-7-9-13/h10H,4-9H2,1-3H3,(H,14,18)(H,16,17). The predicted octanol–water partition coefficient (Wildman–Crippen LogP) is 2.21. The molecule has 0 aromatic rings. The van der Waals surface area contributed by atoms with Crippen LogP contribution in [0, 0.1) is 0 Å². The molecule has 0 aromatic heterocycles. The van der Waals surface area contributed by atoms with Crippen LogP contribution in [0.4, 0.5) is 4.79 Å². The number of carbonyl (C=O) groups is 2. The number of aliphatic carboxylic acids is 1. The van der Waals surface area contributed by atoms with Crippen LogP contribution in [-0.2, 0) is 4.79 Å². The lowest BCUT2D eigenvalue weighted by molar-refractivity contribution is -0.146. The van der Waals surface area contributed by atoms with Gasteiger partial charge in [0.25, 0.3) is 0 Å². The summed E-state index contributed by atoms with van der Waals surface area (Å²) in [4.78, 5) is 25.1. The molecule has 1 unspecified atom stereocenters. The van der Waals surface area contributed by atoms with Crippen molar-refractivity contribution in [1.29, 1.82) is 0 Å². The summed E-state index contributed by atoms with van der Waals surface area (Å²) in [7, 11) is 1.71. The van der Waals surface area contributed by atoms with E-state index in [0.29, 0.717) is 12.8 Å². The molecule has 1 aliphatic carbocycles. The fourth-order valence-electron chi connectivity index (χ4n) is 2.31. The highest BCUT2D eigenvalue weighted by Crippen LogP contribution is 2.28. The number of nitrogens with one attached hydrogen (secondary N) is 1. The molecule has 104 valence electrons. The SMILES string of the molecule is CCC(C)N(C)C(=O)NC1(C(=O)O)CCCCC1. The van der Waals surface area contributed by atoms with Crippen molar-refractivity contribution < 1.29 is 14.7 Å². The number of carboxylic acid groups (broad SMARTS) is 1. The van der Waals surface area contributed by atoms with Crippen LogP contribution < -0.4 is 5.32 Å². The average molecular weight is 256 g/mol. The van der Waals surface area contributed by atoms with Gasteiger partial charge in [0.2, 0.25) is 0 Å². The molecular weight excluding hydrogens is 232 g/mol. The van der Waals surface area contributed by atoms with E-state index in [0.717, 1.165) is 25.7 Å². The number of nitrogens with zero attached hydrogens (tertiary/aromatic N) is 1. The largest absolute Gasteiger partial charge is 0.480 e. The first kappa shape index (κ1) is 14.8. The van der Waals surface area contributed by atoms with E-state index in [2.05, 4.69) is 5.32 Å². The zero-order chi connectivity index (χ0) is 13.8. The van der Waals surface area contributed by atoms with Gasteiger partial charge >= 0.3 is 12.0 Å². The fraction of sp³-hybridized carbons (Fsp3) is 0.846. The van der Waals surface area contributed by atoms with Gasteiger partial charge < -0.3 is 15.3 Å². The minimum absolute atomic E-state index is 0.111. The number of carbonyl (C=O) groups excluding carboxylic acids is 1. The van der Waals surface area contributed by atoms with Crippen molar-refractivity contribution in [3.63, 3.8) is 0 Å². The van der Waals surface area contributed by atoms with E-state index in [1.54, 1.807) is 11.9 Å². The van der Waals surface area contributed by atoms with Crippen LogP contribution >= 0.6 is 0 Å². The molecule has 0 bridgehead atoms. The summed E-state index contributed by atoms with van der Waals surface area (Å²) in [6.45, 7) is 3.95. The zero-order valence-corrected chi connectivity index (χ0v) is 11.5. The van der Waals surface area contributed by atoms with Crippen molar-refractivity contribution in [3.8, 4) is 0 Å². The smallest absolute Gasteiger partial charge is 0.329 e. The lowest BCUT2D eigenvalue weighted by Crippen LogP contribution is -2.59. The molecule has 2 amide bonds. The molecule has 0 aliphatic heterocycles. The monoisotopic (exact) mass is 256 g/mol. The number of hydrogen-bond acceptors (Lipinski definition) is 2. The average Bonchev–Trinajstić information content (AvgIpc) is 2.37. The zero-order valence-electron chi connectivity index (χ0n) is 11.5. The van der Waals surface area contributed by atoms with E-state index >= 15 is 0 Å². The first-order valence-corrected chi connectivity index (χ1v) is 6.71. The van der Waals surface area contributed by atoms with Gasteiger partial charge in [0.05, 0.1) is 0 Å². The molecule has 0 aromatic carbocycles. The van der Waals surface area contributed by atoms with E-state index in [1.807, 2.05) is 13.8 Å². The Balaban J connectivity index is 2.72. The summed E-state index contributed by atoms with van der Waals surface area (Å²) in [5, 5.41) is 12.1. The highest BCUT2D eigenvalue weighted by atomic mass is 16.4. The Morgan fingerprint density at radius 1 is 1.33 bits per heavy atom. The van der Waals surface area contributed by atoms with Crippen LogP contribution in [0.5, 0.6) is 0 Å². The molecular formula is C13H24N2O3. The Kier molecular flexibility index (Phi) is 4.99. The number of rotatable bonds is 4. The second kappa shape index (κ2) is 6.07. The molecule has 1 saturated carbocycles. The predicted molar refractivity (Wildman–Crippen MR) is 69.5 cm³/mol. The van der Waals surface area contributed by atoms with Crippen LogP contribution in [0.25, 0.3) is 0 Å². The summed E-state index contributed by atoms with van der Waals surface area (Å²) < 4.78 is 0. The normalized spacial score (nSPS) is 19.9. The summed E-state index contributed by atoms with van der Waals surface area (Å²) >= 11 is 0. The van der Waals surface area contributed by atoms with Gasteiger partial charge in [-0.2, -0.15) is 0 Å². The second-order valence-electron chi connectivity index (χ2n) is 5.25. The van der Waals surface area contributed by atoms with Gasteiger partial charge in [0, 0.05) is 13.1 Å². The maximum absolute atomic E-state index is 12.1. The van der Waals surface area contributed by atoms with Crippen LogP contribution in [0.15, 0.2) is 0 Å². The van der Waals surface area contributed by atoms with Crippen molar-refractivity contribution >= 4 is 12.0 Å². The van der Waals surface area contributed by atoms with Crippen molar-refractivity contribution in [2.75, 3.05) is 7.05 Å². The third kappa shape index (κ3) is 3.15. The Morgan fingerprint density at radius 2 is 1.89 bits per heavy atom. The van der Waals surface area contributed by atoms with Crippen molar-refractivity contribution in [3.05, 3.63) is 0 Å². The third-order valence-corrected chi connectivity index (χ3v) is 4.04. The van der Waals surface area contributed by atoms with Gasteiger partial charge in [0.1, 0.15) is 5.54 Å². The first-order valence-electron chi connectivity index (χ1n) is 6.71. The van der Waals surface area contributed by atoms with Crippen molar-refractivity contribution in [2.24, 2.45) is 0 Å². The van der Waals surface area contributed by atoms with Gasteiger partial charge in [-0.1, -0.05) is 26.2 Å². The van der Waals surface area contributed by atoms with Gasteiger partial charge in [-0.25, -0.2) is 9.59 Å². The highest BCUT2D eigenvalue weighted by molar-refractivity contribution is 5.86. The lowest BCUT2D eigenvalue weighted by atomic mass is 9.82. The van der Waals surface area contributed by atoms with Gasteiger partial charge in [-0.15, -0.1) is 0 Å². The highest BCUT2D eigenvalue weighted by Gasteiger charge is 2.41. The van der Waals surface area contributed by atoms with E-state index in [4.69, 9.17) is 0 Å². The molecule has 18 heavy (non-hydrogen) atoms. The summed E-state index contributed by atoms with van der Waals surface area (Å²) in [5.74, 6) is -0.909. The number of urea groups is 1. The van der Waals surface area contributed by atoms with Crippen LogP contribution in [-0.4, -0.2) is 40.6 Å². The first-order chi connectivity index (χ1) is 8.43. The summed E-state index contributed by atoms with van der Waals surface area (Å²) in [6.07, 6.45) is 4.68.